The first-order valence-corrected chi connectivity index (χ1v) is 19.7. The molecule has 0 N–H and O–H groups in total. The molecule has 4 aliphatic heterocycles. The van der Waals surface area contributed by atoms with Crippen LogP contribution in [-0.4, -0.2) is 18.4 Å². The van der Waals surface area contributed by atoms with Crippen LogP contribution in [0.5, 0.6) is 23.3 Å². The summed E-state index contributed by atoms with van der Waals surface area (Å²) in [5, 5.41) is 0. The third-order valence-electron chi connectivity index (χ3n) is 12.1. The number of nitrogens with zero attached hydrogens (tertiary/aromatic N) is 3. The van der Waals surface area contributed by atoms with Gasteiger partial charge in [-0.2, -0.15) is 4.98 Å². The summed E-state index contributed by atoms with van der Waals surface area (Å²) in [4.78, 5) is 10.2. The van der Waals surface area contributed by atoms with E-state index in [1.165, 1.54) is 44.4 Å². The zero-order valence-electron chi connectivity index (χ0n) is 32.6. The highest BCUT2D eigenvalue weighted by molar-refractivity contribution is 7.01. The molecule has 0 saturated carbocycles. The molecule has 0 amide bonds. The van der Waals surface area contributed by atoms with Gasteiger partial charge in [0.25, 0.3) is 13.4 Å². The molecule has 0 fully saturated rings. The second-order valence-corrected chi connectivity index (χ2v) is 17.6. The predicted molar refractivity (Wildman–Crippen MR) is 233 cm³/mol. The molecule has 0 saturated heterocycles. The van der Waals surface area contributed by atoms with E-state index < -0.39 is 0 Å². The largest absolute Gasteiger partial charge is 0.440 e. The Morgan fingerprint density at radius 2 is 0.821 bits per heavy atom. The van der Waals surface area contributed by atoms with Crippen LogP contribution in [-0.2, 0) is 10.8 Å². The average molecular weight is 726 g/mol. The van der Waals surface area contributed by atoms with E-state index in [-0.39, 0.29) is 24.3 Å². The van der Waals surface area contributed by atoms with Crippen molar-refractivity contribution < 1.29 is 9.47 Å². The van der Waals surface area contributed by atoms with E-state index in [2.05, 4.69) is 191 Å². The maximum absolute atomic E-state index is 7.02. The Hall–Kier alpha value is -6.20. The second-order valence-electron chi connectivity index (χ2n) is 17.6. The van der Waals surface area contributed by atoms with Gasteiger partial charge in [0, 0.05) is 34.1 Å². The fourth-order valence-electron chi connectivity index (χ4n) is 9.30. The fraction of sp³-hybridized carbons (Fsp3) is 0.163. The lowest BCUT2D eigenvalue weighted by atomic mass is 9.31. The number of pyridine rings is 1. The van der Waals surface area contributed by atoms with Crippen molar-refractivity contribution in [3.8, 4) is 23.3 Å². The average Bonchev–Trinajstić information content (AvgIpc) is 3.19. The van der Waals surface area contributed by atoms with Crippen molar-refractivity contribution in [2.75, 3.05) is 9.80 Å². The minimum atomic E-state index is -0.107. The van der Waals surface area contributed by atoms with Crippen molar-refractivity contribution in [3.05, 3.63) is 151 Å². The number of hydrogen-bond acceptors (Lipinski definition) is 5. The number of aromatic nitrogens is 1. The predicted octanol–water partition coefficient (Wildman–Crippen LogP) is 8.49. The summed E-state index contributed by atoms with van der Waals surface area (Å²) in [5.41, 5.74) is 16.0. The quantitative estimate of drug-likeness (QED) is 0.167. The SMILES string of the molecule is CC(C)(C)c1cc2c3c(c1)N(c1ccccc1)c1ccccc1B3c1cc3c(nc1O2)Oc1cc(C(C)(C)C)cc2c1B3c1ccccc1N2c1ccccc1. The highest BCUT2D eigenvalue weighted by atomic mass is 16.5. The monoisotopic (exact) mass is 725 g/mol. The lowest BCUT2D eigenvalue weighted by molar-refractivity contribution is 0.429. The van der Waals surface area contributed by atoms with Crippen LogP contribution in [0.3, 0.4) is 0 Å². The maximum Gasteiger partial charge on any atom is 0.258 e. The third-order valence-corrected chi connectivity index (χ3v) is 12.1. The molecule has 270 valence electrons. The van der Waals surface area contributed by atoms with Crippen LogP contribution in [0.25, 0.3) is 0 Å². The van der Waals surface area contributed by atoms with Crippen molar-refractivity contribution in [1.29, 1.82) is 0 Å². The highest BCUT2D eigenvalue weighted by Gasteiger charge is 2.47. The molecular formula is C49H41B2N3O2. The summed E-state index contributed by atoms with van der Waals surface area (Å²) in [6.07, 6.45) is 0. The van der Waals surface area contributed by atoms with Crippen molar-refractivity contribution in [2.45, 2.75) is 52.4 Å². The van der Waals surface area contributed by atoms with Crippen LogP contribution >= 0.6 is 0 Å². The second kappa shape index (κ2) is 11.7. The standard InChI is InChI=1S/C49H41B2N3O2/c1-48(2,3)30-25-40-44-42(27-30)55-46-36(50(44)34-21-13-15-23-38(34)53(40)32-17-9-7-10-18-32)29-37-47(52-46)56-43-28-31(49(4,5)6)26-41-45(43)51(37)35-22-14-16-24-39(35)54(41)33-19-11-8-12-20-33/h7-29H,1-6H3. The van der Waals surface area contributed by atoms with Crippen LogP contribution < -0.4 is 52.1 Å². The van der Waals surface area contributed by atoms with Gasteiger partial charge in [-0.3, -0.25) is 0 Å². The minimum absolute atomic E-state index is 0.0875. The van der Waals surface area contributed by atoms with E-state index in [1.807, 2.05) is 0 Å². The van der Waals surface area contributed by atoms with Gasteiger partial charge in [-0.25, -0.2) is 0 Å². The normalized spacial score (nSPS) is 14.4. The third kappa shape index (κ3) is 4.79. The minimum Gasteiger partial charge on any atom is -0.440 e. The van der Waals surface area contributed by atoms with Gasteiger partial charge in [0.15, 0.2) is 0 Å². The molecule has 6 aromatic carbocycles. The molecule has 0 bridgehead atoms. The molecule has 7 aromatic rings. The van der Waals surface area contributed by atoms with Gasteiger partial charge in [0.2, 0.25) is 11.8 Å². The van der Waals surface area contributed by atoms with Crippen LogP contribution in [0.15, 0.2) is 140 Å². The smallest absolute Gasteiger partial charge is 0.258 e. The number of rotatable bonds is 2. The molecule has 0 unspecified atom stereocenters. The van der Waals surface area contributed by atoms with Crippen molar-refractivity contribution >= 4 is 80.3 Å². The highest BCUT2D eigenvalue weighted by Crippen LogP contribution is 2.45. The first-order valence-electron chi connectivity index (χ1n) is 19.7. The molecule has 0 radical (unpaired) electrons. The van der Waals surface area contributed by atoms with Gasteiger partial charge in [-0.15, -0.1) is 0 Å². The number of ether oxygens (including phenoxy) is 2. The number of para-hydroxylation sites is 4. The van der Waals surface area contributed by atoms with E-state index in [0.717, 1.165) is 45.2 Å². The number of anilines is 6. The summed E-state index contributed by atoms with van der Waals surface area (Å²) in [6.45, 7) is 13.4. The molecule has 0 aliphatic carbocycles. The summed E-state index contributed by atoms with van der Waals surface area (Å²) < 4.78 is 14.0. The number of fused-ring (bicyclic) bond motifs is 8. The van der Waals surface area contributed by atoms with Gasteiger partial charge in [-0.05, 0) is 115 Å². The molecule has 4 aliphatic rings. The lowest BCUT2D eigenvalue weighted by Crippen LogP contribution is -2.63. The Bertz CT molecular complexity index is 2570. The van der Waals surface area contributed by atoms with Gasteiger partial charge in [-0.1, -0.05) is 120 Å². The van der Waals surface area contributed by atoms with E-state index >= 15 is 0 Å². The molecule has 0 atom stereocenters. The maximum atomic E-state index is 7.02. The van der Waals surface area contributed by atoms with Crippen molar-refractivity contribution in [2.24, 2.45) is 0 Å². The van der Waals surface area contributed by atoms with Crippen LogP contribution in [0.2, 0.25) is 0 Å². The van der Waals surface area contributed by atoms with Gasteiger partial charge in [0.1, 0.15) is 11.5 Å². The lowest BCUT2D eigenvalue weighted by Gasteiger charge is -2.42. The van der Waals surface area contributed by atoms with E-state index in [0.29, 0.717) is 11.8 Å². The molecule has 0 spiro atoms. The zero-order valence-corrected chi connectivity index (χ0v) is 32.6. The molecule has 5 nitrogen and oxygen atoms in total. The van der Waals surface area contributed by atoms with E-state index in [4.69, 9.17) is 14.5 Å². The Balaban J connectivity index is 1.17. The molecule has 1 aromatic heterocycles. The zero-order chi connectivity index (χ0) is 38.1. The van der Waals surface area contributed by atoms with Gasteiger partial charge in [0.05, 0.1) is 0 Å². The van der Waals surface area contributed by atoms with Crippen LogP contribution in [0.1, 0.15) is 52.7 Å². The van der Waals surface area contributed by atoms with Crippen molar-refractivity contribution in [3.63, 3.8) is 0 Å². The number of hydrogen-bond donors (Lipinski definition) is 0. The molecule has 5 heterocycles. The Kier molecular flexibility index (Phi) is 6.90. The summed E-state index contributed by atoms with van der Waals surface area (Å²) in [5.74, 6) is 2.91. The summed E-state index contributed by atoms with van der Waals surface area (Å²) in [6, 6.07) is 50.6. The summed E-state index contributed by atoms with van der Waals surface area (Å²) in [7, 11) is 0. The molecule has 56 heavy (non-hydrogen) atoms. The van der Waals surface area contributed by atoms with Crippen molar-refractivity contribution in [1.82, 2.24) is 4.98 Å². The Morgan fingerprint density at radius 3 is 1.23 bits per heavy atom. The Morgan fingerprint density at radius 1 is 0.429 bits per heavy atom. The molecule has 11 rings (SSSR count). The van der Waals surface area contributed by atoms with E-state index in [1.54, 1.807) is 0 Å². The fourth-order valence-corrected chi connectivity index (χ4v) is 9.30. The van der Waals surface area contributed by atoms with Gasteiger partial charge < -0.3 is 19.3 Å². The van der Waals surface area contributed by atoms with Crippen LogP contribution in [0.4, 0.5) is 34.1 Å². The number of benzene rings is 6. The first kappa shape index (κ1) is 33.2. The topological polar surface area (TPSA) is 37.8 Å². The molecular weight excluding hydrogens is 684 g/mol. The first-order chi connectivity index (χ1) is 27.0. The van der Waals surface area contributed by atoms with E-state index in [9.17, 15) is 0 Å². The van der Waals surface area contributed by atoms with Gasteiger partial charge >= 0.3 is 0 Å². The van der Waals surface area contributed by atoms with Crippen LogP contribution in [0, 0.1) is 0 Å². The molecule has 7 heteroatoms. The Labute approximate surface area is 329 Å². The summed E-state index contributed by atoms with van der Waals surface area (Å²) >= 11 is 0.